The Kier molecular flexibility index (Phi) is 4.03. The zero-order valence-electron chi connectivity index (χ0n) is 11.4. The number of nitrogens with one attached hydrogen (secondary N) is 1. The van der Waals surface area contributed by atoms with E-state index in [0.29, 0.717) is 29.0 Å². The molecule has 0 bridgehead atoms. The summed E-state index contributed by atoms with van der Waals surface area (Å²) in [5, 5.41) is 2.96. The van der Waals surface area contributed by atoms with E-state index in [9.17, 15) is 9.18 Å². The zero-order chi connectivity index (χ0) is 15.0. The lowest BCUT2D eigenvalue weighted by Crippen LogP contribution is -2.54. The van der Waals surface area contributed by atoms with Crippen LogP contribution in [0.25, 0.3) is 0 Å². The molecule has 5 nitrogen and oxygen atoms in total. The van der Waals surface area contributed by atoms with Gasteiger partial charge in [-0.25, -0.2) is 4.39 Å². The van der Waals surface area contributed by atoms with E-state index in [1.54, 1.807) is 0 Å². The molecule has 1 saturated heterocycles. The third-order valence-corrected chi connectivity index (χ3v) is 4.34. The van der Waals surface area contributed by atoms with Gasteiger partial charge in [0.25, 0.3) is 0 Å². The second-order valence-corrected chi connectivity index (χ2v) is 6.25. The molecule has 3 N–H and O–H groups in total. The minimum Gasteiger partial charge on any atom is -0.397 e. The van der Waals surface area contributed by atoms with Crippen LogP contribution in [-0.2, 0) is 9.53 Å². The van der Waals surface area contributed by atoms with Crippen molar-refractivity contribution in [1.82, 2.24) is 5.32 Å². The van der Waals surface area contributed by atoms with Crippen molar-refractivity contribution in [2.45, 2.75) is 24.9 Å². The SMILES string of the molecule is Nc1cc(Br)c(F)cc1N1CCOCC1C(=O)NC1CC1. The highest BCUT2D eigenvalue weighted by atomic mass is 79.9. The number of carbonyl (C=O) groups is 1. The average Bonchev–Trinajstić information content (AvgIpc) is 3.27. The normalized spacial score (nSPS) is 22.2. The molecule has 0 radical (unpaired) electrons. The quantitative estimate of drug-likeness (QED) is 0.807. The van der Waals surface area contributed by atoms with Gasteiger partial charge in [0.1, 0.15) is 11.9 Å². The fourth-order valence-corrected chi connectivity index (χ4v) is 2.80. The third kappa shape index (κ3) is 3.13. The highest BCUT2D eigenvalue weighted by molar-refractivity contribution is 9.10. The topological polar surface area (TPSA) is 67.6 Å². The first-order valence-corrected chi connectivity index (χ1v) is 7.75. The highest BCUT2D eigenvalue weighted by Gasteiger charge is 2.34. The number of hydrogen-bond acceptors (Lipinski definition) is 4. The van der Waals surface area contributed by atoms with Crippen LogP contribution in [-0.4, -0.2) is 37.7 Å². The third-order valence-electron chi connectivity index (χ3n) is 3.73. The fourth-order valence-electron chi connectivity index (χ4n) is 2.43. The highest BCUT2D eigenvalue weighted by Crippen LogP contribution is 2.32. The van der Waals surface area contributed by atoms with Gasteiger partial charge in [-0.15, -0.1) is 0 Å². The van der Waals surface area contributed by atoms with Gasteiger partial charge in [-0.05, 0) is 34.8 Å². The largest absolute Gasteiger partial charge is 0.397 e. The number of amides is 1. The molecule has 1 aromatic carbocycles. The lowest BCUT2D eigenvalue weighted by atomic mass is 10.1. The Morgan fingerprint density at radius 3 is 2.95 bits per heavy atom. The summed E-state index contributed by atoms with van der Waals surface area (Å²) in [5.41, 5.74) is 6.96. The number of nitrogens with two attached hydrogens (primary N) is 1. The Labute approximate surface area is 130 Å². The number of rotatable bonds is 3. The van der Waals surface area contributed by atoms with Crippen molar-refractivity contribution in [2.24, 2.45) is 0 Å². The molecule has 7 heteroatoms. The standard InChI is InChI=1S/C14H17BrFN3O2/c15-9-5-11(17)12(6-10(9)16)19-3-4-21-7-13(19)14(20)18-8-1-2-8/h5-6,8,13H,1-4,7,17H2,(H,18,20). The Hall–Kier alpha value is -1.34. The van der Waals surface area contributed by atoms with Gasteiger partial charge in [0.05, 0.1) is 29.1 Å². The smallest absolute Gasteiger partial charge is 0.245 e. The minimum absolute atomic E-state index is 0.0834. The maximum Gasteiger partial charge on any atom is 0.245 e. The maximum atomic E-state index is 13.8. The van der Waals surface area contributed by atoms with Crippen LogP contribution >= 0.6 is 15.9 Å². The van der Waals surface area contributed by atoms with E-state index in [-0.39, 0.29) is 18.6 Å². The van der Waals surface area contributed by atoms with Crippen molar-refractivity contribution in [3.8, 4) is 0 Å². The van der Waals surface area contributed by atoms with Crippen molar-refractivity contribution in [3.63, 3.8) is 0 Å². The molecule has 2 fully saturated rings. The van der Waals surface area contributed by atoms with Crippen LogP contribution in [0.1, 0.15) is 12.8 Å². The van der Waals surface area contributed by atoms with E-state index in [4.69, 9.17) is 10.5 Å². The summed E-state index contributed by atoms with van der Waals surface area (Å²) >= 11 is 3.11. The number of benzene rings is 1. The molecule has 3 rings (SSSR count). The summed E-state index contributed by atoms with van der Waals surface area (Å²) in [7, 11) is 0. The lowest BCUT2D eigenvalue weighted by molar-refractivity contribution is -0.124. The van der Waals surface area contributed by atoms with E-state index < -0.39 is 11.9 Å². The van der Waals surface area contributed by atoms with Gasteiger partial charge >= 0.3 is 0 Å². The van der Waals surface area contributed by atoms with Crippen LogP contribution in [0.2, 0.25) is 0 Å². The van der Waals surface area contributed by atoms with Crippen LogP contribution in [0.4, 0.5) is 15.8 Å². The van der Waals surface area contributed by atoms with Gasteiger partial charge in [-0.2, -0.15) is 0 Å². The number of nitrogens with zero attached hydrogens (tertiary/aromatic N) is 1. The molecule has 0 aromatic heterocycles. The number of ether oxygens (including phenoxy) is 1. The van der Waals surface area contributed by atoms with Crippen LogP contribution in [0.3, 0.4) is 0 Å². The maximum absolute atomic E-state index is 13.8. The minimum atomic E-state index is -0.470. The summed E-state index contributed by atoms with van der Waals surface area (Å²) in [4.78, 5) is 14.1. The van der Waals surface area contributed by atoms with Gasteiger partial charge in [0.2, 0.25) is 5.91 Å². The lowest BCUT2D eigenvalue weighted by Gasteiger charge is -2.37. The van der Waals surface area contributed by atoms with Crippen LogP contribution in [0.5, 0.6) is 0 Å². The molecular formula is C14H17BrFN3O2. The number of carbonyl (C=O) groups excluding carboxylic acids is 1. The predicted octanol–water partition coefficient (Wildman–Crippen LogP) is 1.65. The van der Waals surface area contributed by atoms with Crippen LogP contribution in [0, 0.1) is 5.82 Å². The van der Waals surface area contributed by atoms with E-state index >= 15 is 0 Å². The van der Waals surface area contributed by atoms with Crippen molar-refractivity contribution in [3.05, 3.63) is 22.4 Å². The molecule has 1 atom stereocenters. The van der Waals surface area contributed by atoms with E-state index in [1.165, 1.54) is 12.1 Å². The van der Waals surface area contributed by atoms with E-state index in [2.05, 4.69) is 21.2 Å². The van der Waals surface area contributed by atoms with E-state index in [0.717, 1.165) is 12.8 Å². The number of hydrogen-bond donors (Lipinski definition) is 2. The summed E-state index contributed by atoms with van der Waals surface area (Å²) in [6, 6.07) is 2.69. The number of morpholine rings is 1. The molecule has 114 valence electrons. The predicted molar refractivity (Wildman–Crippen MR) is 81.6 cm³/mol. The summed E-state index contributed by atoms with van der Waals surface area (Å²) in [6.07, 6.45) is 2.04. The molecule has 1 aromatic rings. The summed E-state index contributed by atoms with van der Waals surface area (Å²) in [5.74, 6) is -0.480. The Morgan fingerprint density at radius 2 is 2.24 bits per heavy atom. The molecule has 1 unspecified atom stereocenters. The number of halogens is 2. The van der Waals surface area contributed by atoms with Crippen molar-refractivity contribution < 1.29 is 13.9 Å². The molecule has 1 amide bonds. The second-order valence-electron chi connectivity index (χ2n) is 5.39. The Balaban J connectivity index is 1.86. The number of nitrogen functional groups attached to an aromatic ring is 1. The summed E-state index contributed by atoms with van der Waals surface area (Å²) in [6.45, 7) is 1.29. The zero-order valence-corrected chi connectivity index (χ0v) is 13.0. The molecule has 1 saturated carbocycles. The number of anilines is 2. The molecule has 1 aliphatic heterocycles. The first kappa shape index (κ1) is 14.6. The van der Waals surface area contributed by atoms with Crippen molar-refractivity contribution in [1.29, 1.82) is 0 Å². The van der Waals surface area contributed by atoms with Crippen molar-refractivity contribution >= 4 is 33.2 Å². The Bertz CT molecular complexity index is 565. The molecular weight excluding hydrogens is 341 g/mol. The molecule has 1 heterocycles. The van der Waals surface area contributed by atoms with Gasteiger partial charge in [-0.3, -0.25) is 4.79 Å². The van der Waals surface area contributed by atoms with Crippen molar-refractivity contribution in [2.75, 3.05) is 30.4 Å². The van der Waals surface area contributed by atoms with Gasteiger partial charge in [-0.1, -0.05) is 0 Å². The molecule has 1 aliphatic carbocycles. The van der Waals surface area contributed by atoms with E-state index in [1.807, 2.05) is 4.90 Å². The first-order chi connectivity index (χ1) is 10.1. The second kappa shape index (κ2) is 5.81. The van der Waals surface area contributed by atoms with Gasteiger partial charge in [0, 0.05) is 18.7 Å². The molecule has 21 heavy (non-hydrogen) atoms. The average molecular weight is 358 g/mol. The van der Waals surface area contributed by atoms with Crippen LogP contribution in [0.15, 0.2) is 16.6 Å². The monoisotopic (exact) mass is 357 g/mol. The molecule has 0 spiro atoms. The first-order valence-electron chi connectivity index (χ1n) is 6.95. The van der Waals surface area contributed by atoms with Gasteiger partial charge in [0.15, 0.2) is 0 Å². The molecule has 2 aliphatic rings. The van der Waals surface area contributed by atoms with Gasteiger partial charge < -0.3 is 20.7 Å². The Morgan fingerprint density at radius 1 is 1.48 bits per heavy atom. The fraction of sp³-hybridized carbons (Fsp3) is 0.500. The summed E-state index contributed by atoms with van der Waals surface area (Å²) < 4.78 is 19.5. The van der Waals surface area contributed by atoms with Crippen LogP contribution < -0.4 is 16.0 Å².